The first kappa shape index (κ1) is 15.8. The zero-order valence-electron chi connectivity index (χ0n) is 14.3. The number of hydrogen-bond acceptors (Lipinski definition) is 4. The summed E-state index contributed by atoms with van der Waals surface area (Å²) < 4.78 is 6.22. The van der Waals surface area contributed by atoms with Crippen LogP contribution in [0.1, 0.15) is 21.5 Å². The summed E-state index contributed by atoms with van der Waals surface area (Å²) in [5.41, 5.74) is 4.46. The molecule has 124 valence electrons. The second kappa shape index (κ2) is 5.97. The summed E-state index contributed by atoms with van der Waals surface area (Å²) in [5, 5.41) is 2.06. The van der Waals surface area contributed by atoms with Crippen LogP contribution in [-0.4, -0.2) is 18.1 Å². The van der Waals surface area contributed by atoms with E-state index in [0.29, 0.717) is 5.56 Å². The fourth-order valence-corrected chi connectivity index (χ4v) is 4.38. The molecule has 4 rings (SSSR count). The summed E-state index contributed by atoms with van der Waals surface area (Å²) in [7, 11) is 1.41. The van der Waals surface area contributed by atoms with Crippen LogP contribution in [0.5, 0.6) is 0 Å². The molecular formula is C21H17NO2S. The highest BCUT2D eigenvalue weighted by Gasteiger charge is 2.18. The third-order valence-electron chi connectivity index (χ3n) is 4.52. The molecule has 3 nitrogen and oxygen atoms in total. The van der Waals surface area contributed by atoms with E-state index in [4.69, 9.17) is 9.72 Å². The lowest BCUT2D eigenvalue weighted by molar-refractivity contribution is 0.0603. The predicted octanol–water partition coefficient (Wildman–Crippen LogP) is 5.52. The SMILES string of the molecule is COC(=O)c1cc(-c2sc3ccccc3c2C)nc2c(C)cccc12. The van der Waals surface area contributed by atoms with Crippen LogP contribution in [0.4, 0.5) is 0 Å². The van der Waals surface area contributed by atoms with Crippen LogP contribution in [0.2, 0.25) is 0 Å². The lowest BCUT2D eigenvalue weighted by Crippen LogP contribution is -2.04. The van der Waals surface area contributed by atoms with E-state index in [1.54, 1.807) is 11.3 Å². The summed E-state index contributed by atoms with van der Waals surface area (Å²) in [6.45, 7) is 4.12. The van der Waals surface area contributed by atoms with E-state index in [-0.39, 0.29) is 5.97 Å². The van der Waals surface area contributed by atoms with Crippen molar-refractivity contribution in [2.45, 2.75) is 13.8 Å². The van der Waals surface area contributed by atoms with Gasteiger partial charge in [-0.15, -0.1) is 11.3 Å². The number of benzene rings is 2. The van der Waals surface area contributed by atoms with Crippen molar-refractivity contribution in [2.75, 3.05) is 7.11 Å². The number of nitrogens with zero attached hydrogens (tertiary/aromatic N) is 1. The average molecular weight is 347 g/mol. The Morgan fingerprint density at radius 2 is 1.80 bits per heavy atom. The second-order valence-corrected chi connectivity index (χ2v) is 7.12. The van der Waals surface area contributed by atoms with Crippen molar-refractivity contribution in [1.82, 2.24) is 4.98 Å². The van der Waals surface area contributed by atoms with Crippen LogP contribution in [0, 0.1) is 13.8 Å². The zero-order valence-corrected chi connectivity index (χ0v) is 15.1. The fraction of sp³-hybridized carbons (Fsp3) is 0.143. The van der Waals surface area contributed by atoms with Crippen molar-refractivity contribution < 1.29 is 9.53 Å². The minimum atomic E-state index is -0.335. The van der Waals surface area contributed by atoms with Gasteiger partial charge in [0.25, 0.3) is 0 Å². The first-order valence-corrected chi connectivity index (χ1v) is 8.89. The minimum Gasteiger partial charge on any atom is -0.465 e. The quantitative estimate of drug-likeness (QED) is 0.448. The third-order valence-corrected chi connectivity index (χ3v) is 5.82. The lowest BCUT2D eigenvalue weighted by atomic mass is 10.0. The molecule has 0 atom stereocenters. The topological polar surface area (TPSA) is 39.2 Å². The summed E-state index contributed by atoms with van der Waals surface area (Å²) in [5.74, 6) is -0.335. The standard InChI is InChI=1S/C21H17NO2S/c1-12-7-6-9-15-16(21(23)24-3)11-17(22-19(12)15)20-13(2)14-8-4-5-10-18(14)25-20/h4-11H,1-3H3. The number of carbonyl (C=O) groups is 1. The molecule has 0 amide bonds. The van der Waals surface area contributed by atoms with E-state index in [1.165, 1.54) is 22.8 Å². The molecule has 2 aromatic carbocycles. The monoisotopic (exact) mass is 347 g/mol. The molecule has 0 aliphatic carbocycles. The van der Waals surface area contributed by atoms with E-state index in [1.807, 2.05) is 43.3 Å². The molecule has 4 heteroatoms. The fourth-order valence-electron chi connectivity index (χ4n) is 3.21. The Kier molecular flexibility index (Phi) is 3.77. The Morgan fingerprint density at radius 1 is 1.04 bits per heavy atom. The van der Waals surface area contributed by atoms with E-state index >= 15 is 0 Å². The Labute approximate surface area is 149 Å². The zero-order chi connectivity index (χ0) is 17.6. The van der Waals surface area contributed by atoms with Crippen LogP contribution < -0.4 is 0 Å². The molecule has 4 aromatic rings. The van der Waals surface area contributed by atoms with Crippen molar-refractivity contribution in [1.29, 1.82) is 0 Å². The predicted molar refractivity (Wildman–Crippen MR) is 103 cm³/mol. The molecule has 2 heterocycles. The summed E-state index contributed by atoms with van der Waals surface area (Å²) >= 11 is 1.70. The van der Waals surface area contributed by atoms with Gasteiger partial charge < -0.3 is 4.74 Å². The van der Waals surface area contributed by atoms with Gasteiger partial charge in [-0.1, -0.05) is 36.4 Å². The summed E-state index contributed by atoms with van der Waals surface area (Å²) in [6.07, 6.45) is 0. The smallest absolute Gasteiger partial charge is 0.338 e. The number of pyridine rings is 1. The largest absolute Gasteiger partial charge is 0.465 e. The van der Waals surface area contributed by atoms with Gasteiger partial charge in [-0.25, -0.2) is 9.78 Å². The highest BCUT2D eigenvalue weighted by atomic mass is 32.1. The molecule has 0 bridgehead atoms. The number of hydrogen-bond donors (Lipinski definition) is 0. The maximum absolute atomic E-state index is 12.3. The minimum absolute atomic E-state index is 0.335. The number of para-hydroxylation sites is 1. The maximum Gasteiger partial charge on any atom is 0.338 e. The van der Waals surface area contributed by atoms with E-state index in [9.17, 15) is 4.79 Å². The van der Waals surface area contributed by atoms with Crippen LogP contribution in [0.15, 0.2) is 48.5 Å². The molecule has 0 aliphatic rings. The number of esters is 1. The average Bonchev–Trinajstić information content (AvgIpc) is 2.98. The van der Waals surface area contributed by atoms with E-state index in [2.05, 4.69) is 19.1 Å². The third kappa shape index (κ3) is 2.50. The van der Waals surface area contributed by atoms with Gasteiger partial charge in [0, 0.05) is 10.1 Å². The Bertz CT molecular complexity index is 1130. The van der Waals surface area contributed by atoms with Crippen LogP contribution in [-0.2, 0) is 4.74 Å². The number of rotatable bonds is 2. The Hall–Kier alpha value is -2.72. The molecular weight excluding hydrogens is 330 g/mol. The number of ether oxygens (including phenoxy) is 1. The molecule has 25 heavy (non-hydrogen) atoms. The number of thiophene rings is 1. The van der Waals surface area contributed by atoms with Gasteiger partial charge in [0.2, 0.25) is 0 Å². The number of fused-ring (bicyclic) bond motifs is 2. The normalized spacial score (nSPS) is 11.2. The number of aromatic nitrogens is 1. The molecule has 0 radical (unpaired) electrons. The van der Waals surface area contributed by atoms with Crippen molar-refractivity contribution in [3.8, 4) is 10.6 Å². The Balaban J connectivity index is 2.06. The first-order chi connectivity index (χ1) is 12.1. The van der Waals surface area contributed by atoms with Gasteiger partial charge in [0.1, 0.15) is 0 Å². The first-order valence-electron chi connectivity index (χ1n) is 8.07. The molecule has 0 N–H and O–H groups in total. The molecule has 0 fully saturated rings. The highest BCUT2D eigenvalue weighted by molar-refractivity contribution is 7.22. The number of carbonyl (C=O) groups excluding carboxylic acids is 1. The molecule has 2 aromatic heterocycles. The molecule has 0 unspecified atom stereocenters. The maximum atomic E-state index is 12.3. The number of aryl methyl sites for hydroxylation is 2. The molecule has 0 aliphatic heterocycles. The van der Waals surface area contributed by atoms with E-state index < -0.39 is 0 Å². The van der Waals surface area contributed by atoms with Gasteiger partial charge in [-0.2, -0.15) is 0 Å². The van der Waals surface area contributed by atoms with Crippen LogP contribution >= 0.6 is 11.3 Å². The summed E-state index contributed by atoms with van der Waals surface area (Å²) in [4.78, 5) is 18.3. The Morgan fingerprint density at radius 3 is 2.56 bits per heavy atom. The van der Waals surface area contributed by atoms with Crippen LogP contribution in [0.25, 0.3) is 31.6 Å². The summed E-state index contributed by atoms with van der Waals surface area (Å²) in [6, 6.07) is 16.0. The number of methoxy groups -OCH3 is 1. The highest BCUT2D eigenvalue weighted by Crippen LogP contribution is 2.38. The van der Waals surface area contributed by atoms with Gasteiger partial charge in [-0.3, -0.25) is 0 Å². The molecule has 0 spiro atoms. The van der Waals surface area contributed by atoms with Gasteiger partial charge >= 0.3 is 5.97 Å². The second-order valence-electron chi connectivity index (χ2n) is 6.07. The van der Waals surface area contributed by atoms with Crippen molar-refractivity contribution in [2.24, 2.45) is 0 Å². The van der Waals surface area contributed by atoms with Gasteiger partial charge in [-0.05, 0) is 42.5 Å². The van der Waals surface area contributed by atoms with Gasteiger partial charge in [0.15, 0.2) is 0 Å². The van der Waals surface area contributed by atoms with Crippen molar-refractivity contribution in [3.05, 3.63) is 65.2 Å². The van der Waals surface area contributed by atoms with Crippen molar-refractivity contribution >= 4 is 38.3 Å². The van der Waals surface area contributed by atoms with Gasteiger partial charge in [0.05, 0.1) is 28.8 Å². The van der Waals surface area contributed by atoms with Crippen molar-refractivity contribution in [3.63, 3.8) is 0 Å². The van der Waals surface area contributed by atoms with E-state index in [0.717, 1.165) is 27.0 Å². The van der Waals surface area contributed by atoms with Crippen LogP contribution in [0.3, 0.4) is 0 Å². The molecule has 0 saturated heterocycles. The lowest BCUT2D eigenvalue weighted by Gasteiger charge is -2.10. The molecule has 0 saturated carbocycles.